The molecule has 0 aliphatic rings. The second kappa shape index (κ2) is 7.52. The minimum Gasteiger partial charge on any atom is -0.387 e. The van der Waals surface area contributed by atoms with E-state index in [0.717, 1.165) is 30.7 Å². The molecule has 0 fully saturated rings. The molecule has 0 aliphatic heterocycles. The molecule has 18 heavy (non-hydrogen) atoms. The van der Waals surface area contributed by atoms with Crippen molar-refractivity contribution in [1.82, 2.24) is 5.32 Å². The fraction of sp³-hybridized carbons (Fsp3) is 0.600. The Kier molecular flexibility index (Phi) is 6.33. The van der Waals surface area contributed by atoms with Crippen LogP contribution in [-0.2, 0) is 4.74 Å². The standard InChI is InChI=1S/C15H25NO2/c1-11-6-7-14(12(2)10-11)15(17)13(3)16-8-5-9-18-4/h6-7,10,13,15-17H,5,8-9H2,1-4H3. The summed E-state index contributed by atoms with van der Waals surface area (Å²) in [5, 5.41) is 13.7. The number of aryl methyl sites for hydroxylation is 2. The van der Waals surface area contributed by atoms with E-state index in [1.807, 2.05) is 26.0 Å². The molecule has 3 heteroatoms. The van der Waals surface area contributed by atoms with Gasteiger partial charge in [0.1, 0.15) is 0 Å². The molecular weight excluding hydrogens is 226 g/mol. The van der Waals surface area contributed by atoms with Gasteiger partial charge in [0, 0.05) is 19.8 Å². The molecule has 2 unspecified atom stereocenters. The molecule has 0 spiro atoms. The van der Waals surface area contributed by atoms with Crippen molar-refractivity contribution in [2.24, 2.45) is 0 Å². The van der Waals surface area contributed by atoms with Crippen LogP contribution in [0, 0.1) is 13.8 Å². The van der Waals surface area contributed by atoms with E-state index in [0.29, 0.717) is 0 Å². The van der Waals surface area contributed by atoms with Gasteiger partial charge in [0.2, 0.25) is 0 Å². The molecule has 0 bridgehead atoms. The Hall–Kier alpha value is -0.900. The molecule has 1 rings (SSSR count). The largest absolute Gasteiger partial charge is 0.387 e. The van der Waals surface area contributed by atoms with Gasteiger partial charge in [-0.05, 0) is 44.9 Å². The molecule has 0 amide bonds. The predicted octanol–water partition coefficient (Wildman–Crippen LogP) is 2.35. The van der Waals surface area contributed by atoms with Crippen LogP contribution in [0.4, 0.5) is 0 Å². The van der Waals surface area contributed by atoms with Gasteiger partial charge in [0.05, 0.1) is 6.10 Å². The first-order chi connectivity index (χ1) is 8.56. The van der Waals surface area contributed by atoms with Gasteiger partial charge >= 0.3 is 0 Å². The van der Waals surface area contributed by atoms with Gasteiger partial charge in [-0.3, -0.25) is 0 Å². The number of methoxy groups -OCH3 is 1. The van der Waals surface area contributed by atoms with Gasteiger partial charge in [-0.1, -0.05) is 23.8 Å². The highest BCUT2D eigenvalue weighted by atomic mass is 16.5. The average molecular weight is 251 g/mol. The second-order valence-corrected chi connectivity index (χ2v) is 4.89. The molecule has 0 saturated carbocycles. The van der Waals surface area contributed by atoms with Crippen LogP contribution in [0.3, 0.4) is 0 Å². The fourth-order valence-electron chi connectivity index (χ4n) is 2.08. The highest BCUT2D eigenvalue weighted by Gasteiger charge is 2.17. The summed E-state index contributed by atoms with van der Waals surface area (Å²) in [7, 11) is 1.70. The lowest BCUT2D eigenvalue weighted by atomic mass is 9.97. The van der Waals surface area contributed by atoms with Crippen LogP contribution in [0.2, 0.25) is 0 Å². The highest BCUT2D eigenvalue weighted by molar-refractivity contribution is 5.32. The van der Waals surface area contributed by atoms with Crippen molar-refractivity contribution in [3.63, 3.8) is 0 Å². The van der Waals surface area contributed by atoms with Crippen molar-refractivity contribution >= 4 is 0 Å². The first-order valence-electron chi connectivity index (χ1n) is 6.53. The zero-order valence-corrected chi connectivity index (χ0v) is 11.9. The van der Waals surface area contributed by atoms with Gasteiger partial charge in [-0.2, -0.15) is 0 Å². The van der Waals surface area contributed by atoms with Gasteiger partial charge in [0.25, 0.3) is 0 Å². The fourth-order valence-corrected chi connectivity index (χ4v) is 2.08. The summed E-state index contributed by atoms with van der Waals surface area (Å²) >= 11 is 0. The van der Waals surface area contributed by atoms with Crippen molar-refractivity contribution in [3.05, 3.63) is 34.9 Å². The molecule has 2 atom stereocenters. The van der Waals surface area contributed by atoms with Crippen molar-refractivity contribution in [3.8, 4) is 0 Å². The SMILES string of the molecule is COCCCNC(C)C(O)c1ccc(C)cc1C. The normalized spacial score (nSPS) is 14.5. The summed E-state index contributed by atoms with van der Waals surface area (Å²) in [6.07, 6.45) is 0.494. The third-order valence-corrected chi connectivity index (χ3v) is 3.21. The molecule has 0 heterocycles. The van der Waals surface area contributed by atoms with Crippen LogP contribution in [0.15, 0.2) is 18.2 Å². The van der Waals surface area contributed by atoms with Gasteiger partial charge in [0.15, 0.2) is 0 Å². The molecule has 0 aromatic heterocycles. The Morgan fingerprint density at radius 2 is 2.06 bits per heavy atom. The Morgan fingerprint density at radius 3 is 2.67 bits per heavy atom. The van der Waals surface area contributed by atoms with Crippen LogP contribution in [-0.4, -0.2) is 31.4 Å². The van der Waals surface area contributed by atoms with Crippen molar-refractivity contribution in [2.45, 2.75) is 39.3 Å². The Balaban J connectivity index is 2.54. The summed E-state index contributed by atoms with van der Waals surface area (Å²) in [4.78, 5) is 0. The maximum Gasteiger partial charge on any atom is 0.0942 e. The van der Waals surface area contributed by atoms with Gasteiger partial charge in [-0.25, -0.2) is 0 Å². The van der Waals surface area contributed by atoms with E-state index < -0.39 is 6.10 Å². The lowest BCUT2D eigenvalue weighted by molar-refractivity contribution is 0.132. The minimum absolute atomic E-state index is 0.0447. The van der Waals surface area contributed by atoms with Gasteiger partial charge < -0.3 is 15.2 Å². The monoisotopic (exact) mass is 251 g/mol. The maximum atomic E-state index is 10.3. The summed E-state index contributed by atoms with van der Waals surface area (Å²) < 4.78 is 5.00. The van der Waals surface area contributed by atoms with Crippen LogP contribution in [0.25, 0.3) is 0 Å². The van der Waals surface area contributed by atoms with E-state index >= 15 is 0 Å². The predicted molar refractivity (Wildman–Crippen MR) is 74.8 cm³/mol. The van der Waals surface area contributed by atoms with Crippen LogP contribution in [0.5, 0.6) is 0 Å². The zero-order valence-electron chi connectivity index (χ0n) is 11.9. The molecule has 0 saturated heterocycles. The third kappa shape index (κ3) is 4.41. The lowest BCUT2D eigenvalue weighted by Gasteiger charge is -2.22. The second-order valence-electron chi connectivity index (χ2n) is 4.89. The third-order valence-electron chi connectivity index (χ3n) is 3.21. The van der Waals surface area contributed by atoms with Crippen LogP contribution in [0.1, 0.15) is 36.1 Å². The summed E-state index contributed by atoms with van der Waals surface area (Å²) in [6, 6.07) is 6.21. The summed E-state index contributed by atoms with van der Waals surface area (Å²) in [5.74, 6) is 0. The van der Waals surface area contributed by atoms with E-state index in [-0.39, 0.29) is 6.04 Å². The van der Waals surface area contributed by atoms with E-state index in [1.54, 1.807) is 7.11 Å². The smallest absolute Gasteiger partial charge is 0.0942 e. The topological polar surface area (TPSA) is 41.5 Å². The molecule has 3 nitrogen and oxygen atoms in total. The van der Waals surface area contributed by atoms with E-state index in [4.69, 9.17) is 4.74 Å². The number of nitrogens with one attached hydrogen (secondary N) is 1. The molecule has 0 radical (unpaired) electrons. The highest BCUT2D eigenvalue weighted by Crippen LogP contribution is 2.21. The summed E-state index contributed by atoms with van der Waals surface area (Å²) in [5.41, 5.74) is 3.38. The van der Waals surface area contributed by atoms with Crippen LogP contribution < -0.4 is 5.32 Å². The number of hydrogen-bond acceptors (Lipinski definition) is 3. The number of hydrogen-bond donors (Lipinski definition) is 2. The average Bonchev–Trinajstić information content (AvgIpc) is 2.33. The Morgan fingerprint density at radius 1 is 1.33 bits per heavy atom. The number of aliphatic hydroxyl groups excluding tert-OH is 1. The molecule has 1 aromatic carbocycles. The minimum atomic E-state index is -0.465. The van der Waals surface area contributed by atoms with E-state index in [9.17, 15) is 5.11 Å². The summed E-state index contributed by atoms with van der Waals surface area (Å²) in [6.45, 7) is 7.73. The first-order valence-corrected chi connectivity index (χ1v) is 6.53. The molecule has 1 aromatic rings. The van der Waals surface area contributed by atoms with Crippen molar-refractivity contribution < 1.29 is 9.84 Å². The quantitative estimate of drug-likeness (QED) is 0.731. The number of aliphatic hydroxyl groups is 1. The number of ether oxygens (including phenoxy) is 1. The molecule has 0 aliphatic carbocycles. The van der Waals surface area contributed by atoms with Crippen molar-refractivity contribution in [1.29, 1.82) is 0 Å². The number of benzene rings is 1. The van der Waals surface area contributed by atoms with E-state index in [2.05, 4.69) is 18.3 Å². The molecular formula is C15H25NO2. The molecule has 2 N–H and O–H groups in total. The van der Waals surface area contributed by atoms with Crippen LogP contribution >= 0.6 is 0 Å². The maximum absolute atomic E-state index is 10.3. The Labute approximate surface area is 110 Å². The first kappa shape index (κ1) is 15.2. The molecule has 102 valence electrons. The van der Waals surface area contributed by atoms with Gasteiger partial charge in [-0.15, -0.1) is 0 Å². The van der Waals surface area contributed by atoms with Crippen molar-refractivity contribution in [2.75, 3.05) is 20.3 Å². The Bertz CT molecular complexity index is 366. The van der Waals surface area contributed by atoms with E-state index in [1.165, 1.54) is 5.56 Å². The zero-order chi connectivity index (χ0) is 13.5. The number of rotatable bonds is 7. The lowest BCUT2D eigenvalue weighted by Crippen LogP contribution is -2.33.